The van der Waals surface area contributed by atoms with E-state index in [2.05, 4.69) is 15.7 Å². The predicted octanol–water partition coefficient (Wildman–Crippen LogP) is 1.37. The first kappa shape index (κ1) is 18.1. The third-order valence-electron chi connectivity index (χ3n) is 5.99. The second kappa shape index (κ2) is 7.28. The zero-order valence-corrected chi connectivity index (χ0v) is 15.1. The summed E-state index contributed by atoms with van der Waals surface area (Å²) in [5.41, 5.74) is -0.706. The molecular weight excluding hydrogens is 326 g/mol. The van der Waals surface area contributed by atoms with E-state index in [-0.39, 0.29) is 23.9 Å². The van der Waals surface area contributed by atoms with E-state index in [4.69, 9.17) is 0 Å². The van der Waals surface area contributed by atoms with Crippen molar-refractivity contribution in [1.82, 2.24) is 9.62 Å². The van der Waals surface area contributed by atoms with E-state index in [0.29, 0.717) is 19.4 Å². The Bertz CT molecular complexity index is 580. The molecular formula is C17H29N3O3S. The first-order valence-electron chi connectivity index (χ1n) is 9.26. The quantitative estimate of drug-likeness (QED) is 0.777. The maximum absolute atomic E-state index is 12.7. The van der Waals surface area contributed by atoms with Crippen LogP contribution in [0.1, 0.15) is 57.8 Å². The molecule has 3 rings (SSSR count). The summed E-state index contributed by atoms with van der Waals surface area (Å²) in [5.74, 6) is -0.0671. The van der Waals surface area contributed by atoms with Crippen molar-refractivity contribution >= 4 is 10.0 Å². The van der Waals surface area contributed by atoms with Gasteiger partial charge in [-0.2, -0.15) is 5.26 Å². The molecule has 0 bridgehead atoms. The molecule has 1 heterocycles. The number of nitrogens with zero attached hydrogens (tertiary/aromatic N) is 2. The van der Waals surface area contributed by atoms with Crippen LogP contribution in [-0.4, -0.2) is 55.5 Å². The molecule has 3 fully saturated rings. The van der Waals surface area contributed by atoms with Crippen LogP contribution in [0.4, 0.5) is 0 Å². The standard InChI is InChI=1S/C17H29N3O3S/c18-12-17(8-2-1-3-9-17)13-24(22,23)19-15-5-4-6-16(15)20-10-7-14(21)11-20/h14-16,19,21H,1-11,13H2/t14?,15-,16+/m1/s1. The van der Waals surface area contributed by atoms with Crippen molar-refractivity contribution in [3.05, 3.63) is 0 Å². The summed E-state index contributed by atoms with van der Waals surface area (Å²) in [6, 6.07) is 2.41. The molecule has 3 atom stereocenters. The number of aliphatic hydroxyl groups is 1. The largest absolute Gasteiger partial charge is 0.392 e. The first-order valence-corrected chi connectivity index (χ1v) is 10.9. The molecule has 6 nitrogen and oxygen atoms in total. The highest BCUT2D eigenvalue weighted by molar-refractivity contribution is 7.89. The molecule has 1 unspecified atom stereocenters. The molecule has 2 N–H and O–H groups in total. The number of aliphatic hydroxyl groups excluding tert-OH is 1. The Labute approximate surface area is 145 Å². The van der Waals surface area contributed by atoms with Crippen LogP contribution in [-0.2, 0) is 10.0 Å². The molecule has 24 heavy (non-hydrogen) atoms. The lowest BCUT2D eigenvalue weighted by molar-refractivity contribution is 0.153. The molecule has 0 spiro atoms. The van der Waals surface area contributed by atoms with Crippen LogP contribution in [0, 0.1) is 16.7 Å². The van der Waals surface area contributed by atoms with E-state index in [9.17, 15) is 18.8 Å². The summed E-state index contributed by atoms with van der Waals surface area (Å²) in [4.78, 5) is 2.23. The van der Waals surface area contributed by atoms with Gasteiger partial charge in [0.1, 0.15) is 0 Å². The lowest BCUT2D eigenvalue weighted by Gasteiger charge is -2.33. The minimum Gasteiger partial charge on any atom is -0.392 e. The van der Waals surface area contributed by atoms with Gasteiger partial charge in [-0.3, -0.25) is 4.90 Å². The summed E-state index contributed by atoms with van der Waals surface area (Å²) < 4.78 is 28.3. The molecule has 0 aromatic rings. The van der Waals surface area contributed by atoms with E-state index >= 15 is 0 Å². The Hall–Kier alpha value is -0.680. The minimum atomic E-state index is -3.47. The molecule has 2 saturated carbocycles. The van der Waals surface area contributed by atoms with Crippen LogP contribution in [0.5, 0.6) is 0 Å². The highest BCUT2D eigenvalue weighted by Crippen LogP contribution is 2.37. The maximum atomic E-state index is 12.7. The van der Waals surface area contributed by atoms with Crippen LogP contribution in [0.2, 0.25) is 0 Å². The van der Waals surface area contributed by atoms with Crippen LogP contribution in [0.25, 0.3) is 0 Å². The van der Waals surface area contributed by atoms with Crippen molar-refractivity contribution in [1.29, 1.82) is 5.26 Å². The summed E-state index contributed by atoms with van der Waals surface area (Å²) in [6.07, 6.45) is 7.68. The van der Waals surface area contributed by atoms with Gasteiger partial charge in [-0.1, -0.05) is 25.7 Å². The Morgan fingerprint density at radius 2 is 1.92 bits per heavy atom. The molecule has 0 aromatic heterocycles. The number of hydrogen-bond acceptors (Lipinski definition) is 5. The normalized spacial score (nSPS) is 34.2. The van der Waals surface area contributed by atoms with E-state index in [1.165, 1.54) is 0 Å². The van der Waals surface area contributed by atoms with Gasteiger partial charge in [-0.25, -0.2) is 13.1 Å². The molecule has 1 saturated heterocycles. The number of hydrogen-bond donors (Lipinski definition) is 2. The molecule has 136 valence electrons. The smallest absolute Gasteiger partial charge is 0.213 e. The van der Waals surface area contributed by atoms with Gasteiger partial charge in [0, 0.05) is 25.2 Å². The van der Waals surface area contributed by atoms with Crippen molar-refractivity contribution in [3.8, 4) is 6.07 Å². The topological polar surface area (TPSA) is 93.4 Å². The number of rotatable bonds is 5. The van der Waals surface area contributed by atoms with Crippen molar-refractivity contribution in [2.45, 2.75) is 76.0 Å². The number of β-amino-alcohol motifs (C(OH)–C–C–N with tert-alkyl or cyclic N) is 1. The van der Waals surface area contributed by atoms with E-state index in [1.807, 2.05) is 0 Å². The number of nitriles is 1. The molecule has 2 aliphatic carbocycles. The predicted molar refractivity (Wildman–Crippen MR) is 91.7 cm³/mol. The zero-order valence-electron chi connectivity index (χ0n) is 14.3. The number of nitrogens with one attached hydrogen (secondary N) is 1. The fourth-order valence-corrected chi connectivity index (χ4v) is 6.64. The fraction of sp³-hybridized carbons (Fsp3) is 0.941. The Morgan fingerprint density at radius 3 is 2.54 bits per heavy atom. The number of sulfonamides is 1. The van der Waals surface area contributed by atoms with Gasteiger partial charge in [0.25, 0.3) is 0 Å². The summed E-state index contributed by atoms with van der Waals surface area (Å²) in [7, 11) is -3.47. The van der Waals surface area contributed by atoms with Gasteiger partial charge >= 0.3 is 0 Å². The average Bonchev–Trinajstić information content (AvgIpc) is 3.16. The summed E-state index contributed by atoms with van der Waals surface area (Å²) >= 11 is 0. The SMILES string of the molecule is N#CC1(CS(=O)(=O)N[C@@H]2CCC[C@@H]2N2CCC(O)C2)CCCCC1. The summed E-state index contributed by atoms with van der Waals surface area (Å²) in [5, 5.41) is 19.3. The number of likely N-dealkylation sites (tertiary alicyclic amines) is 1. The van der Waals surface area contributed by atoms with Crippen LogP contribution < -0.4 is 4.72 Å². The molecule has 0 aromatic carbocycles. The fourth-order valence-electron chi connectivity index (χ4n) is 4.74. The second-order valence-electron chi connectivity index (χ2n) is 7.87. The lowest BCUT2D eigenvalue weighted by atomic mass is 9.77. The third kappa shape index (κ3) is 4.10. The monoisotopic (exact) mass is 355 g/mol. The van der Waals surface area contributed by atoms with Gasteiger partial charge in [-0.15, -0.1) is 0 Å². The van der Waals surface area contributed by atoms with E-state index in [1.54, 1.807) is 0 Å². The van der Waals surface area contributed by atoms with Crippen LogP contribution in [0.3, 0.4) is 0 Å². The van der Waals surface area contributed by atoms with Crippen LogP contribution in [0.15, 0.2) is 0 Å². The first-order chi connectivity index (χ1) is 11.4. The van der Waals surface area contributed by atoms with Gasteiger partial charge in [0.05, 0.1) is 23.3 Å². The molecule has 7 heteroatoms. The summed E-state index contributed by atoms with van der Waals surface area (Å²) in [6.45, 7) is 1.48. The Balaban J connectivity index is 1.64. The van der Waals surface area contributed by atoms with Gasteiger partial charge < -0.3 is 5.11 Å². The minimum absolute atomic E-state index is 0.0671. The van der Waals surface area contributed by atoms with Gasteiger partial charge in [0.2, 0.25) is 10.0 Å². The molecule has 0 amide bonds. The Morgan fingerprint density at radius 1 is 1.17 bits per heavy atom. The molecule has 3 aliphatic rings. The Kier molecular flexibility index (Phi) is 5.50. The third-order valence-corrected chi connectivity index (χ3v) is 7.58. The molecule has 1 aliphatic heterocycles. The molecule has 0 radical (unpaired) electrons. The highest BCUT2D eigenvalue weighted by atomic mass is 32.2. The van der Waals surface area contributed by atoms with E-state index in [0.717, 1.165) is 51.5 Å². The van der Waals surface area contributed by atoms with Gasteiger partial charge in [-0.05, 0) is 32.1 Å². The zero-order chi connectivity index (χ0) is 17.2. The van der Waals surface area contributed by atoms with E-state index < -0.39 is 15.4 Å². The second-order valence-corrected chi connectivity index (χ2v) is 9.63. The average molecular weight is 356 g/mol. The maximum Gasteiger partial charge on any atom is 0.213 e. The van der Waals surface area contributed by atoms with Crippen molar-refractivity contribution in [2.24, 2.45) is 5.41 Å². The van der Waals surface area contributed by atoms with Crippen LogP contribution >= 0.6 is 0 Å². The lowest BCUT2D eigenvalue weighted by Crippen LogP contribution is -2.50. The van der Waals surface area contributed by atoms with Crippen molar-refractivity contribution < 1.29 is 13.5 Å². The van der Waals surface area contributed by atoms with Gasteiger partial charge in [0.15, 0.2) is 0 Å². The van der Waals surface area contributed by atoms with Crippen molar-refractivity contribution in [2.75, 3.05) is 18.8 Å². The highest BCUT2D eigenvalue weighted by Gasteiger charge is 2.41. The van der Waals surface area contributed by atoms with Crippen molar-refractivity contribution in [3.63, 3.8) is 0 Å².